The Morgan fingerprint density at radius 2 is 2.05 bits per heavy atom. The summed E-state index contributed by atoms with van der Waals surface area (Å²) in [7, 11) is 0. The van der Waals surface area contributed by atoms with Crippen molar-refractivity contribution in [2.45, 2.75) is 19.8 Å². The number of benzene rings is 2. The molecule has 22 heavy (non-hydrogen) atoms. The molecule has 2 aromatic rings. The second kappa shape index (κ2) is 7.36. The molecule has 5 heteroatoms. The van der Waals surface area contributed by atoms with Crippen LogP contribution in [0, 0.1) is 6.92 Å². The molecule has 2 aromatic carbocycles. The highest BCUT2D eigenvalue weighted by molar-refractivity contribution is 5.91. The van der Waals surface area contributed by atoms with Gasteiger partial charge in [-0.25, -0.2) is 0 Å². The normalized spacial score (nSPS) is 10.2. The van der Waals surface area contributed by atoms with Gasteiger partial charge in [-0.3, -0.25) is 4.79 Å². The summed E-state index contributed by atoms with van der Waals surface area (Å²) in [5.41, 5.74) is 7.88. The molecule has 0 heterocycles. The third-order valence-corrected chi connectivity index (χ3v) is 3.21. The number of para-hydroxylation sites is 2. The number of anilines is 2. The van der Waals surface area contributed by atoms with Crippen LogP contribution < -0.4 is 15.8 Å². The third kappa shape index (κ3) is 4.41. The Kier molecular flexibility index (Phi) is 5.25. The van der Waals surface area contributed by atoms with Crippen LogP contribution in [-0.4, -0.2) is 17.6 Å². The number of carbonyl (C=O) groups excluding carboxylic acids is 1. The number of hydrogen-bond donors (Lipinski definition) is 3. The van der Waals surface area contributed by atoms with E-state index in [1.807, 2.05) is 19.1 Å². The van der Waals surface area contributed by atoms with Crippen molar-refractivity contribution in [1.82, 2.24) is 0 Å². The van der Waals surface area contributed by atoms with Gasteiger partial charge in [0.25, 0.3) is 0 Å². The van der Waals surface area contributed by atoms with Crippen molar-refractivity contribution in [2.75, 3.05) is 17.7 Å². The van der Waals surface area contributed by atoms with Gasteiger partial charge in [0.2, 0.25) is 5.91 Å². The van der Waals surface area contributed by atoms with Crippen LogP contribution in [0.3, 0.4) is 0 Å². The van der Waals surface area contributed by atoms with Gasteiger partial charge in [-0.2, -0.15) is 0 Å². The van der Waals surface area contributed by atoms with Crippen LogP contribution in [0.5, 0.6) is 11.5 Å². The number of carbonyl (C=O) groups is 1. The molecule has 2 rings (SSSR count). The molecule has 0 aliphatic rings. The number of ether oxygens (including phenoxy) is 1. The topological polar surface area (TPSA) is 84.6 Å². The molecular formula is C17H20N2O3. The summed E-state index contributed by atoms with van der Waals surface area (Å²) in [5, 5.41) is 12.2. The van der Waals surface area contributed by atoms with Gasteiger partial charge in [-0.15, -0.1) is 0 Å². The second-order valence-electron chi connectivity index (χ2n) is 5.04. The van der Waals surface area contributed by atoms with Gasteiger partial charge < -0.3 is 20.9 Å². The molecule has 0 saturated carbocycles. The van der Waals surface area contributed by atoms with Gasteiger partial charge in [-0.1, -0.05) is 12.1 Å². The highest BCUT2D eigenvalue weighted by Crippen LogP contribution is 2.21. The number of amides is 1. The van der Waals surface area contributed by atoms with Gasteiger partial charge in [0, 0.05) is 12.1 Å². The minimum Gasteiger partial charge on any atom is -0.508 e. The lowest BCUT2D eigenvalue weighted by molar-refractivity contribution is -0.116. The van der Waals surface area contributed by atoms with Crippen LogP contribution in [0.25, 0.3) is 0 Å². The summed E-state index contributed by atoms with van der Waals surface area (Å²) in [6, 6.07) is 12.1. The molecule has 5 nitrogen and oxygen atoms in total. The van der Waals surface area contributed by atoms with Crippen LogP contribution in [0.1, 0.15) is 18.4 Å². The molecule has 116 valence electrons. The predicted octanol–water partition coefficient (Wildman–Crippen LogP) is 3.08. The zero-order valence-corrected chi connectivity index (χ0v) is 12.5. The Bertz CT molecular complexity index is 656. The molecule has 0 aromatic heterocycles. The number of phenolic OH excluding ortho intramolecular Hbond substituents is 1. The minimum atomic E-state index is -0.0848. The molecule has 0 atom stereocenters. The van der Waals surface area contributed by atoms with Crippen LogP contribution in [0.4, 0.5) is 11.4 Å². The third-order valence-electron chi connectivity index (χ3n) is 3.21. The summed E-state index contributed by atoms with van der Waals surface area (Å²) in [4.78, 5) is 11.9. The quantitative estimate of drug-likeness (QED) is 0.435. The summed E-state index contributed by atoms with van der Waals surface area (Å²) in [5.74, 6) is 0.736. The maximum atomic E-state index is 11.9. The van der Waals surface area contributed by atoms with E-state index in [0.29, 0.717) is 36.6 Å². The largest absolute Gasteiger partial charge is 0.508 e. The minimum absolute atomic E-state index is 0.0848. The zero-order valence-electron chi connectivity index (χ0n) is 12.5. The van der Waals surface area contributed by atoms with Crippen LogP contribution >= 0.6 is 0 Å². The van der Waals surface area contributed by atoms with Gasteiger partial charge in [0.1, 0.15) is 11.5 Å². The van der Waals surface area contributed by atoms with Gasteiger partial charge >= 0.3 is 0 Å². The molecule has 0 unspecified atom stereocenters. The first-order chi connectivity index (χ1) is 10.6. The fraction of sp³-hybridized carbons (Fsp3) is 0.235. The molecule has 0 aliphatic carbocycles. The van der Waals surface area contributed by atoms with Gasteiger partial charge in [-0.05, 0) is 49.2 Å². The molecule has 1 amide bonds. The summed E-state index contributed by atoms with van der Waals surface area (Å²) in [6.45, 7) is 2.26. The predicted molar refractivity (Wildman–Crippen MR) is 87.1 cm³/mol. The standard InChI is InChI=1S/C17H20N2O3/c1-12-11-13(20)8-9-15(12)19-17(21)7-4-10-22-16-6-3-2-5-14(16)18/h2-3,5-6,8-9,11,20H,4,7,10,18H2,1H3,(H,19,21). The van der Waals surface area contributed by atoms with Crippen molar-refractivity contribution < 1.29 is 14.6 Å². The lowest BCUT2D eigenvalue weighted by Crippen LogP contribution is -2.13. The second-order valence-corrected chi connectivity index (χ2v) is 5.04. The lowest BCUT2D eigenvalue weighted by atomic mass is 10.2. The molecule has 0 spiro atoms. The number of hydrogen-bond acceptors (Lipinski definition) is 4. The first kappa shape index (κ1) is 15.7. The monoisotopic (exact) mass is 300 g/mol. The van der Waals surface area contributed by atoms with E-state index in [1.165, 1.54) is 0 Å². The van der Waals surface area contributed by atoms with E-state index >= 15 is 0 Å². The van der Waals surface area contributed by atoms with Gasteiger partial charge in [0.05, 0.1) is 12.3 Å². The van der Waals surface area contributed by atoms with E-state index in [0.717, 1.165) is 5.56 Å². The molecule has 0 radical (unpaired) electrons. The number of nitrogens with two attached hydrogens (primary N) is 1. The van der Waals surface area contributed by atoms with Crippen molar-refractivity contribution in [3.8, 4) is 11.5 Å². The Balaban J connectivity index is 1.75. The number of aromatic hydroxyl groups is 1. The summed E-state index contributed by atoms with van der Waals surface area (Å²) < 4.78 is 5.54. The average molecular weight is 300 g/mol. The zero-order chi connectivity index (χ0) is 15.9. The van der Waals surface area contributed by atoms with Crippen LogP contribution in [-0.2, 0) is 4.79 Å². The maximum Gasteiger partial charge on any atom is 0.224 e. The summed E-state index contributed by atoms with van der Waals surface area (Å²) >= 11 is 0. The fourth-order valence-corrected chi connectivity index (χ4v) is 2.03. The molecular weight excluding hydrogens is 280 g/mol. The van der Waals surface area contributed by atoms with E-state index in [2.05, 4.69) is 5.32 Å². The number of nitrogens with one attached hydrogen (secondary N) is 1. The van der Waals surface area contributed by atoms with E-state index in [9.17, 15) is 9.90 Å². The van der Waals surface area contributed by atoms with Crippen molar-refractivity contribution >= 4 is 17.3 Å². The first-order valence-corrected chi connectivity index (χ1v) is 7.13. The maximum absolute atomic E-state index is 11.9. The van der Waals surface area contributed by atoms with Crippen molar-refractivity contribution in [3.05, 3.63) is 48.0 Å². The van der Waals surface area contributed by atoms with Crippen LogP contribution in [0.2, 0.25) is 0 Å². The molecule has 0 fully saturated rings. The highest BCUT2D eigenvalue weighted by atomic mass is 16.5. The first-order valence-electron chi connectivity index (χ1n) is 7.13. The van der Waals surface area contributed by atoms with E-state index in [4.69, 9.17) is 10.5 Å². The van der Waals surface area contributed by atoms with E-state index < -0.39 is 0 Å². The van der Waals surface area contributed by atoms with E-state index in [-0.39, 0.29) is 11.7 Å². The smallest absolute Gasteiger partial charge is 0.224 e. The Labute approximate surface area is 129 Å². The number of rotatable bonds is 6. The molecule has 0 bridgehead atoms. The summed E-state index contributed by atoms with van der Waals surface area (Å²) in [6.07, 6.45) is 0.949. The van der Waals surface area contributed by atoms with Crippen molar-refractivity contribution in [3.63, 3.8) is 0 Å². The SMILES string of the molecule is Cc1cc(O)ccc1NC(=O)CCCOc1ccccc1N. The Morgan fingerprint density at radius 1 is 1.27 bits per heavy atom. The number of aryl methyl sites for hydroxylation is 1. The molecule has 0 aliphatic heterocycles. The number of nitrogen functional groups attached to an aromatic ring is 1. The van der Waals surface area contributed by atoms with Crippen molar-refractivity contribution in [2.24, 2.45) is 0 Å². The Hall–Kier alpha value is -2.69. The Morgan fingerprint density at radius 3 is 2.77 bits per heavy atom. The van der Waals surface area contributed by atoms with Crippen molar-refractivity contribution in [1.29, 1.82) is 0 Å². The fourth-order valence-electron chi connectivity index (χ4n) is 2.03. The molecule has 0 saturated heterocycles. The van der Waals surface area contributed by atoms with Crippen LogP contribution in [0.15, 0.2) is 42.5 Å². The number of phenols is 1. The highest BCUT2D eigenvalue weighted by Gasteiger charge is 2.06. The average Bonchev–Trinajstić information content (AvgIpc) is 2.48. The molecule has 4 N–H and O–H groups in total. The lowest BCUT2D eigenvalue weighted by Gasteiger charge is -2.10. The van der Waals surface area contributed by atoms with Gasteiger partial charge in [0.15, 0.2) is 0 Å². The van der Waals surface area contributed by atoms with E-state index in [1.54, 1.807) is 30.3 Å².